The van der Waals surface area contributed by atoms with Crippen molar-refractivity contribution >= 4 is 46.2 Å². The number of thiocarbonyl (C=S) groups is 1. The van der Waals surface area contributed by atoms with Crippen LogP contribution < -0.4 is 5.32 Å². The largest absolute Gasteiger partial charge is 0.345 e. The lowest BCUT2D eigenvalue weighted by Crippen LogP contribution is -2.42. The van der Waals surface area contributed by atoms with E-state index in [4.69, 9.17) is 35.4 Å². The Morgan fingerprint density at radius 3 is 2.50 bits per heavy atom. The van der Waals surface area contributed by atoms with E-state index in [0.29, 0.717) is 11.1 Å². The van der Waals surface area contributed by atoms with Crippen molar-refractivity contribution in [3.05, 3.63) is 88.2 Å². The molecule has 0 bridgehead atoms. The summed E-state index contributed by atoms with van der Waals surface area (Å²) in [5, 5.41) is 5.69. The predicted molar refractivity (Wildman–Crippen MR) is 140 cm³/mol. The number of rotatable bonds is 6. The first-order valence-corrected chi connectivity index (χ1v) is 12.5. The molecule has 1 aliphatic rings. The zero-order chi connectivity index (χ0) is 22.3. The van der Waals surface area contributed by atoms with Crippen LogP contribution in [0.1, 0.15) is 49.8 Å². The van der Waals surface area contributed by atoms with E-state index in [1.165, 1.54) is 44.2 Å². The van der Waals surface area contributed by atoms with E-state index >= 15 is 0 Å². The first kappa shape index (κ1) is 23.2. The van der Waals surface area contributed by atoms with Crippen LogP contribution in [0.4, 0.5) is 5.69 Å². The Morgan fingerprint density at radius 1 is 0.969 bits per heavy atom. The zero-order valence-corrected chi connectivity index (χ0v) is 20.5. The number of hydrogen-bond acceptors (Lipinski definition) is 1. The molecule has 1 N–H and O–H groups in total. The van der Waals surface area contributed by atoms with Crippen molar-refractivity contribution in [2.75, 3.05) is 5.32 Å². The molecule has 1 aromatic heterocycles. The van der Waals surface area contributed by atoms with Gasteiger partial charge in [0.25, 0.3) is 0 Å². The molecule has 1 saturated carbocycles. The smallest absolute Gasteiger partial charge is 0.174 e. The van der Waals surface area contributed by atoms with Crippen LogP contribution in [0.3, 0.4) is 0 Å². The van der Waals surface area contributed by atoms with E-state index in [1.807, 2.05) is 42.5 Å². The Hall–Kier alpha value is -2.01. The minimum absolute atomic E-state index is 0.431. The average Bonchev–Trinajstić information content (AvgIpc) is 3.03. The van der Waals surface area contributed by atoms with E-state index in [0.717, 1.165) is 34.5 Å². The van der Waals surface area contributed by atoms with Crippen LogP contribution in [0.5, 0.6) is 0 Å². The summed E-state index contributed by atoms with van der Waals surface area (Å²) in [5.74, 6) is 0. The van der Waals surface area contributed by atoms with Gasteiger partial charge in [-0.25, -0.2) is 0 Å². The maximum atomic E-state index is 6.43. The zero-order valence-electron chi connectivity index (χ0n) is 18.1. The summed E-state index contributed by atoms with van der Waals surface area (Å²) in [6.45, 7) is 1.50. The minimum atomic E-state index is 0.431. The first-order chi connectivity index (χ1) is 15.6. The molecule has 32 heavy (non-hydrogen) atoms. The topological polar surface area (TPSA) is 20.2 Å². The van der Waals surface area contributed by atoms with Gasteiger partial charge in [0, 0.05) is 40.2 Å². The number of nitrogens with one attached hydrogen (secondary N) is 1. The predicted octanol–water partition coefficient (Wildman–Crippen LogP) is 7.77. The third-order valence-electron chi connectivity index (χ3n) is 6.16. The van der Waals surface area contributed by atoms with Crippen molar-refractivity contribution in [2.24, 2.45) is 0 Å². The van der Waals surface area contributed by atoms with Gasteiger partial charge in [-0.05, 0) is 67.0 Å². The Balaban J connectivity index is 1.56. The Morgan fingerprint density at radius 2 is 1.75 bits per heavy atom. The molecule has 0 spiro atoms. The Labute approximate surface area is 206 Å². The fourth-order valence-electron chi connectivity index (χ4n) is 4.43. The number of hydrogen-bond donors (Lipinski definition) is 1. The van der Waals surface area contributed by atoms with Gasteiger partial charge in [0.2, 0.25) is 0 Å². The molecular weight excluding hydrogens is 457 g/mol. The van der Waals surface area contributed by atoms with E-state index in [2.05, 4.69) is 39.2 Å². The standard InChI is InChI=1S/C26H29Cl2N3S/c27-21-10-7-11-22(17-21)29-26(32)31(23-12-3-1-2-4-13-23)19-24-14-8-16-30(24)18-20-9-5-6-15-25(20)28/h5-11,14-17,23H,1-4,12-13,18-19H2,(H,29,32). The molecule has 3 nitrogen and oxygen atoms in total. The summed E-state index contributed by atoms with van der Waals surface area (Å²) in [4.78, 5) is 2.37. The molecule has 6 heteroatoms. The normalized spacial score (nSPS) is 14.7. The third-order valence-corrected chi connectivity index (χ3v) is 7.10. The highest BCUT2D eigenvalue weighted by Crippen LogP contribution is 2.26. The van der Waals surface area contributed by atoms with Crippen LogP contribution in [-0.2, 0) is 13.1 Å². The monoisotopic (exact) mass is 485 g/mol. The molecule has 0 atom stereocenters. The summed E-state index contributed by atoms with van der Waals surface area (Å²) in [6.07, 6.45) is 9.58. The molecule has 0 amide bonds. The van der Waals surface area contributed by atoms with Crippen LogP contribution in [0, 0.1) is 0 Å². The number of anilines is 1. The molecule has 168 valence electrons. The first-order valence-electron chi connectivity index (χ1n) is 11.3. The van der Waals surface area contributed by atoms with Crippen LogP contribution in [-0.4, -0.2) is 20.6 Å². The Kier molecular flexibility index (Phi) is 8.12. The number of aromatic nitrogens is 1. The minimum Gasteiger partial charge on any atom is -0.345 e. The fraction of sp³-hybridized carbons (Fsp3) is 0.346. The number of benzene rings is 2. The van der Waals surface area contributed by atoms with Crippen LogP contribution in [0.15, 0.2) is 66.9 Å². The molecule has 0 radical (unpaired) electrons. The number of nitrogens with zero attached hydrogens (tertiary/aromatic N) is 2. The van der Waals surface area contributed by atoms with Crippen molar-refractivity contribution < 1.29 is 0 Å². The van der Waals surface area contributed by atoms with Gasteiger partial charge < -0.3 is 14.8 Å². The van der Waals surface area contributed by atoms with Crippen molar-refractivity contribution in [1.29, 1.82) is 0 Å². The molecular formula is C26H29Cl2N3S. The van der Waals surface area contributed by atoms with E-state index in [-0.39, 0.29) is 0 Å². The van der Waals surface area contributed by atoms with Gasteiger partial charge in [0.15, 0.2) is 5.11 Å². The summed E-state index contributed by atoms with van der Waals surface area (Å²) in [5.41, 5.74) is 3.27. The Bertz CT molecular complexity index is 1040. The molecule has 1 heterocycles. The maximum Gasteiger partial charge on any atom is 0.174 e. The molecule has 2 aromatic carbocycles. The maximum absolute atomic E-state index is 6.43. The van der Waals surface area contributed by atoms with Gasteiger partial charge in [-0.3, -0.25) is 0 Å². The van der Waals surface area contributed by atoms with Crippen molar-refractivity contribution in [3.63, 3.8) is 0 Å². The summed E-state index contributed by atoms with van der Waals surface area (Å²) < 4.78 is 2.27. The van der Waals surface area contributed by atoms with Gasteiger partial charge in [-0.1, -0.05) is 73.2 Å². The highest BCUT2D eigenvalue weighted by molar-refractivity contribution is 7.80. The molecule has 0 saturated heterocycles. The van der Waals surface area contributed by atoms with Crippen molar-refractivity contribution in [1.82, 2.24) is 9.47 Å². The van der Waals surface area contributed by atoms with Gasteiger partial charge in [-0.2, -0.15) is 0 Å². The fourth-order valence-corrected chi connectivity index (χ4v) is 5.15. The van der Waals surface area contributed by atoms with E-state index in [9.17, 15) is 0 Å². The summed E-state index contributed by atoms with van der Waals surface area (Å²) in [7, 11) is 0. The molecule has 0 unspecified atom stereocenters. The SMILES string of the molecule is S=C(Nc1cccc(Cl)c1)N(Cc1cccn1Cc1ccccc1Cl)C1CCCCCC1. The van der Waals surface area contributed by atoms with E-state index in [1.54, 1.807) is 0 Å². The second-order valence-corrected chi connectivity index (χ2v) is 9.66. The quantitative estimate of drug-likeness (QED) is 0.284. The molecule has 4 rings (SSSR count). The van der Waals surface area contributed by atoms with E-state index < -0.39 is 0 Å². The lowest BCUT2D eigenvalue weighted by molar-refractivity contribution is 0.275. The van der Waals surface area contributed by atoms with Crippen LogP contribution in [0.2, 0.25) is 10.0 Å². The van der Waals surface area contributed by atoms with Gasteiger partial charge in [0.1, 0.15) is 0 Å². The van der Waals surface area contributed by atoms with Crippen LogP contribution in [0.25, 0.3) is 0 Å². The van der Waals surface area contributed by atoms with Crippen molar-refractivity contribution in [2.45, 2.75) is 57.7 Å². The highest BCUT2D eigenvalue weighted by atomic mass is 35.5. The lowest BCUT2D eigenvalue weighted by Gasteiger charge is -2.34. The van der Waals surface area contributed by atoms with Crippen molar-refractivity contribution in [3.8, 4) is 0 Å². The number of halogens is 2. The highest BCUT2D eigenvalue weighted by Gasteiger charge is 2.24. The molecule has 1 aliphatic carbocycles. The summed E-state index contributed by atoms with van der Waals surface area (Å²) in [6, 6.07) is 20.5. The van der Waals surface area contributed by atoms with Gasteiger partial charge in [-0.15, -0.1) is 0 Å². The summed E-state index contributed by atoms with van der Waals surface area (Å²) >= 11 is 18.6. The lowest BCUT2D eigenvalue weighted by atomic mass is 10.1. The molecule has 3 aromatic rings. The van der Waals surface area contributed by atoms with Gasteiger partial charge in [0.05, 0.1) is 6.54 Å². The average molecular weight is 487 g/mol. The van der Waals surface area contributed by atoms with Crippen LogP contribution >= 0.6 is 35.4 Å². The molecule has 1 fully saturated rings. The second kappa shape index (κ2) is 11.2. The van der Waals surface area contributed by atoms with Gasteiger partial charge >= 0.3 is 0 Å². The third kappa shape index (κ3) is 6.06. The molecule has 0 aliphatic heterocycles. The second-order valence-electron chi connectivity index (χ2n) is 8.43.